The summed E-state index contributed by atoms with van der Waals surface area (Å²) in [6.45, 7) is 1.62. The van der Waals surface area contributed by atoms with Crippen LogP contribution in [0.25, 0.3) is 0 Å². The van der Waals surface area contributed by atoms with E-state index in [0.29, 0.717) is 0 Å². The molecule has 8 nitrogen and oxygen atoms in total. The van der Waals surface area contributed by atoms with Crippen LogP contribution in [0, 0.1) is 10.1 Å². The van der Waals surface area contributed by atoms with E-state index in [4.69, 9.17) is 5.11 Å². The summed E-state index contributed by atoms with van der Waals surface area (Å²) >= 11 is 0. The number of aromatic nitrogens is 1. The van der Waals surface area contributed by atoms with Crippen molar-refractivity contribution >= 4 is 17.7 Å². The highest BCUT2D eigenvalue weighted by Crippen LogP contribution is 2.15. The lowest BCUT2D eigenvalue weighted by molar-refractivity contribution is -0.391. The Labute approximate surface area is 102 Å². The Hall–Kier alpha value is -2.38. The van der Waals surface area contributed by atoms with Crippen molar-refractivity contribution in [3.63, 3.8) is 0 Å². The smallest absolute Gasteiger partial charge is 0.326 e. The van der Waals surface area contributed by atoms with Gasteiger partial charge in [-0.25, -0.2) is 9.36 Å². The maximum absolute atomic E-state index is 11.8. The van der Waals surface area contributed by atoms with Gasteiger partial charge in [0.1, 0.15) is 6.04 Å². The molecule has 1 rings (SSSR count). The zero-order chi connectivity index (χ0) is 13.9. The van der Waals surface area contributed by atoms with Crippen molar-refractivity contribution in [2.45, 2.75) is 19.4 Å². The van der Waals surface area contributed by atoms with Crippen LogP contribution in [0.5, 0.6) is 0 Å². The number of carbonyl (C=O) groups excluding carboxylic acids is 1. The van der Waals surface area contributed by atoms with Crippen LogP contribution in [-0.4, -0.2) is 32.5 Å². The highest BCUT2D eigenvalue weighted by molar-refractivity contribution is 5.95. The van der Waals surface area contributed by atoms with E-state index in [-0.39, 0.29) is 17.9 Å². The van der Waals surface area contributed by atoms with Crippen LogP contribution in [0.3, 0.4) is 0 Å². The maximum Gasteiger partial charge on any atom is 0.326 e. The van der Waals surface area contributed by atoms with Crippen molar-refractivity contribution in [3.05, 3.63) is 27.9 Å². The number of aliphatic carboxylic acids is 1. The van der Waals surface area contributed by atoms with Gasteiger partial charge in [-0.2, -0.15) is 0 Å². The molecule has 0 bridgehead atoms. The lowest BCUT2D eigenvalue weighted by Crippen LogP contribution is -2.40. The molecule has 1 amide bonds. The molecule has 18 heavy (non-hydrogen) atoms. The predicted molar refractivity (Wildman–Crippen MR) is 61.2 cm³/mol. The molecule has 98 valence electrons. The summed E-state index contributed by atoms with van der Waals surface area (Å²) in [5, 5.41) is 21.7. The van der Waals surface area contributed by atoms with Crippen molar-refractivity contribution in [1.29, 1.82) is 0 Å². The second kappa shape index (κ2) is 5.30. The average Bonchev–Trinajstić information content (AvgIpc) is 2.67. The molecule has 1 aromatic heterocycles. The molecule has 1 atom stereocenters. The molecular formula is C10H13N3O5. The summed E-state index contributed by atoms with van der Waals surface area (Å²) < 4.78 is 1.10. The molecule has 0 saturated heterocycles. The van der Waals surface area contributed by atoms with Gasteiger partial charge in [-0.05, 0) is 17.4 Å². The molecule has 0 unspecified atom stereocenters. The first-order chi connectivity index (χ1) is 8.38. The van der Waals surface area contributed by atoms with E-state index in [1.54, 1.807) is 6.92 Å². The van der Waals surface area contributed by atoms with Crippen LogP contribution in [0.4, 0.5) is 5.82 Å². The Bertz CT molecular complexity index is 494. The number of nitrogens with one attached hydrogen (secondary N) is 1. The second-order valence-electron chi connectivity index (χ2n) is 3.67. The molecule has 0 spiro atoms. The average molecular weight is 255 g/mol. The zero-order valence-corrected chi connectivity index (χ0v) is 9.91. The first kappa shape index (κ1) is 13.7. The van der Waals surface area contributed by atoms with Crippen molar-refractivity contribution in [3.8, 4) is 0 Å². The van der Waals surface area contributed by atoms with Gasteiger partial charge in [0.2, 0.25) is 0 Å². The number of nitrogens with zero attached hydrogens (tertiary/aromatic N) is 2. The Balaban J connectivity index is 2.91. The number of carbonyl (C=O) groups is 2. The van der Waals surface area contributed by atoms with Gasteiger partial charge in [0.25, 0.3) is 5.91 Å². The molecule has 0 aliphatic rings. The molecule has 0 aliphatic heterocycles. The van der Waals surface area contributed by atoms with Gasteiger partial charge in [-0.1, -0.05) is 6.92 Å². The SMILES string of the molecule is CC[C@H](NC(=O)c1ccc([N+](=O)[O-])n1C)C(=O)O. The minimum absolute atomic E-state index is 0.0430. The number of hydrogen-bond acceptors (Lipinski definition) is 4. The van der Waals surface area contributed by atoms with E-state index in [1.165, 1.54) is 19.2 Å². The third-order valence-electron chi connectivity index (χ3n) is 2.53. The Morgan fingerprint density at radius 3 is 2.56 bits per heavy atom. The summed E-state index contributed by atoms with van der Waals surface area (Å²) in [6, 6.07) is 1.46. The molecule has 0 aliphatic carbocycles. The van der Waals surface area contributed by atoms with Crippen LogP contribution in [0.2, 0.25) is 0 Å². The Morgan fingerprint density at radius 2 is 2.17 bits per heavy atom. The largest absolute Gasteiger partial charge is 0.480 e. The van der Waals surface area contributed by atoms with Crippen LogP contribution < -0.4 is 5.32 Å². The van der Waals surface area contributed by atoms with Gasteiger partial charge >= 0.3 is 11.8 Å². The van der Waals surface area contributed by atoms with E-state index in [2.05, 4.69) is 5.32 Å². The van der Waals surface area contributed by atoms with Crippen molar-refractivity contribution < 1.29 is 19.6 Å². The number of carboxylic acids is 1. The van der Waals surface area contributed by atoms with Gasteiger partial charge in [0.05, 0.1) is 7.05 Å². The molecule has 1 aromatic rings. The molecule has 0 saturated carbocycles. The minimum atomic E-state index is -1.14. The topological polar surface area (TPSA) is 114 Å². The van der Waals surface area contributed by atoms with Gasteiger partial charge in [-0.15, -0.1) is 0 Å². The summed E-state index contributed by atoms with van der Waals surface area (Å²) in [5.41, 5.74) is 0.0430. The monoisotopic (exact) mass is 255 g/mol. The maximum atomic E-state index is 11.8. The van der Waals surface area contributed by atoms with E-state index in [1.807, 2.05) is 0 Å². The Morgan fingerprint density at radius 1 is 1.56 bits per heavy atom. The fourth-order valence-electron chi connectivity index (χ4n) is 1.48. The fraction of sp³-hybridized carbons (Fsp3) is 0.400. The number of nitro groups is 1. The normalized spacial score (nSPS) is 11.9. The van der Waals surface area contributed by atoms with E-state index >= 15 is 0 Å². The van der Waals surface area contributed by atoms with Crippen LogP contribution >= 0.6 is 0 Å². The summed E-state index contributed by atoms with van der Waals surface area (Å²) in [5.74, 6) is -2.03. The lowest BCUT2D eigenvalue weighted by Gasteiger charge is -2.11. The van der Waals surface area contributed by atoms with Gasteiger partial charge in [0.15, 0.2) is 5.69 Å². The lowest BCUT2D eigenvalue weighted by atomic mass is 10.2. The summed E-state index contributed by atoms with van der Waals surface area (Å²) in [7, 11) is 1.37. The van der Waals surface area contributed by atoms with Gasteiger partial charge in [0, 0.05) is 6.07 Å². The first-order valence-electron chi connectivity index (χ1n) is 5.22. The standard InChI is InChI=1S/C10H13N3O5/c1-3-6(10(15)16)11-9(14)7-4-5-8(12(7)2)13(17)18/h4-6H,3H2,1-2H3,(H,11,14)(H,15,16)/t6-/m0/s1. The third kappa shape index (κ3) is 2.65. The highest BCUT2D eigenvalue weighted by Gasteiger charge is 2.24. The number of hydrogen-bond donors (Lipinski definition) is 2. The third-order valence-corrected chi connectivity index (χ3v) is 2.53. The van der Waals surface area contributed by atoms with Crippen LogP contribution in [0.1, 0.15) is 23.8 Å². The predicted octanol–water partition coefficient (Wildman–Crippen LogP) is 0.526. The van der Waals surface area contributed by atoms with Crippen LogP contribution in [0.15, 0.2) is 12.1 Å². The quantitative estimate of drug-likeness (QED) is 0.588. The summed E-state index contributed by atoms with van der Waals surface area (Å²) in [6.07, 6.45) is 0.230. The van der Waals surface area contributed by atoms with E-state index in [0.717, 1.165) is 4.57 Å². The van der Waals surface area contributed by atoms with Gasteiger partial charge in [-0.3, -0.25) is 4.79 Å². The molecule has 0 aromatic carbocycles. The van der Waals surface area contributed by atoms with Crippen molar-refractivity contribution in [2.75, 3.05) is 0 Å². The Kier molecular flexibility index (Phi) is 4.03. The molecule has 0 fully saturated rings. The minimum Gasteiger partial charge on any atom is -0.480 e. The zero-order valence-electron chi connectivity index (χ0n) is 9.91. The molecule has 2 N–H and O–H groups in total. The number of amides is 1. The van der Waals surface area contributed by atoms with Crippen LogP contribution in [-0.2, 0) is 11.8 Å². The molecule has 8 heteroatoms. The van der Waals surface area contributed by atoms with E-state index < -0.39 is 22.8 Å². The van der Waals surface area contributed by atoms with E-state index in [9.17, 15) is 19.7 Å². The fourth-order valence-corrected chi connectivity index (χ4v) is 1.48. The molecule has 0 radical (unpaired) electrons. The van der Waals surface area contributed by atoms with Crippen molar-refractivity contribution in [1.82, 2.24) is 9.88 Å². The number of carboxylic acid groups (broad SMARTS) is 1. The van der Waals surface area contributed by atoms with Crippen molar-refractivity contribution in [2.24, 2.45) is 7.05 Å². The molecule has 1 heterocycles. The second-order valence-corrected chi connectivity index (χ2v) is 3.67. The van der Waals surface area contributed by atoms with Gasteiger partial charge < -0.3 is 20.5 Å². The first-order valence-corrected chi connectivity index (χ1v) is 5.22. The molecular weight excluding hydrogens is 242 g/mol. The highest BCUT2D eigenvalue weighted by atomic mass is 16.6. The summed E-state index contributed by atoms with van der Waals surface area (Å²) in [4.78, 5) is 32.5. The number of rotatable bonds is 5.